The average Bonchev–Trinajstić information content (AvgIpc) is 3.15. The van der Waals surface area contributed by atoms with Crippen LogP contribution in [-0.2, 0) is 11.2 Å². The first-order valence-electron chi connectivity index (χ1n) is 8.54. The molecule has 27 heavy (non-hydrogen) atoms. The molecular formula is C21H17FN2O3. The number of carbonyl (C=O) groups excluding carboxylic acids is 1. The Labute approximate surface area is 155 Å². The fraction of sp³-hybridized carbons (Fsp3) is 0.143. The highest BCUT2D eigenvalue weighted by molar-refractivity contribution is 5.96. The molecule has 6 heteroatoms. The smallest absolute Gasteiger partial charge is 0.232 e. The first-order chi connectivity index (χ1) is 13.2. The second-order valence-electron chi connectivity index (χ2n) is 6.23. The summed E-state index contributed by atoms with van der Waals surface area (Å²) in [5.74, 6) is 0.233. The van der Waals surface area contributed by atoms with E-state index < -0.39 is 5.92 Å². The Morgan fingerprint density at radius 1 is 1.11 bits per heavy atom. The molecule has 0 aliphatic carbocycles. The highest BCUT2D eigenvalue weighted by Crippen LogP contribution is 2.34. The second-order valence-corrected chi connectivity index (χ2v) is 6.23. The molecule has 2 aromatic carbocycles. The number of nitrogens with one attached hydrogen (secondary N) is 1. The number of ether oxygens (including phenoxy) is 2. The highest BCUT2D eigenvalue weighted by atomic mass is 19.1. The topological polar surface area (TPSA) is 60.5 Å². The lowest BCUT2D eigenvalue weighted by Gasteiger charge is -2.18. The molecule has 5 nitrogen and oxygen atoms in total. The minimum absolute atomic E-state index is 0.173. The molecule has 0 bridgehead atoms. The molecule has 1 amide bonds. The van der Waals surface area contributed by atoms with Crippen molar-refractivity contribution in [3.63, 3.8) is 0 Å². The summed E-state index contributed by atoms with van der Waals surface area (Å²) in [5, 5.41) is 2.92. The van der Waals surface area contributed by atoms with Crippen LogP contribution in [0.15, 0.2) is 67.0 Å². The minimum atomic E-state index is -0.486. The molecule has 0 saturated heterocycles. The predicted octanol–water partition coefficient (Wildman–Crippen LogP) is 3.91. The number of rotatable bonds is 5. The molecule has 1 aromatic heterocycles. The Kier molecular flexibility index (Phi) is 4.70. The van der Waals surface area contributed by atoms with Crippen LogP contribution in [0, 0.1) is 5.82 Å². The van der Waals surface area contributed by atoms with Gasteiger partial charge in [0, 0.05) is 24.1 Å². The van der Waals surface area contributed by atoms with Crippen molar-refractivity contribution in [1.82, 2.24) is 4.98 Å². The molecule has 1 atom stereocenters. The number of halogens is 1. The zero-order valence-corrected chi connectivity index (χ0v) is 14.4. The summed E-state index contributed by atoms with van der Waals surface area (Å²) >= 11 is 0. The number of nitrogens with zero attached hydrogens (tertiary/aromatic N) is 1. The molecule has 1 aliphatic heterocycles. The van der Waals surface area contributed by atoms with Crippen LogP contribution in [0.1, 0.15) is 17.0 Å². The van der Waals surface area contributed by atoms with Crippen LogP contribution in [0.4, 0.5) is 10.1 Å². The van der Waals surface area contributed by atoms with Crippen molar-refractivity contribution in [3.8, 4) is 11.5 Å². The number of amides is 1. The molecule has 1 aliphatic rings. The van der Waals surface area contributed by atoms with Gasteiger partial charge in [-0.1, -0.05) is 18.2 Å². The van der Waals surface area contributed by atoms with Crippen molar-refractivity contribution >= 4 is 11.6 Å². The maximum atomic E-state index is 13.3. The first-order valence-corrected chi connectivity index (χ1v) is 8.54. The monoisotopic (exact) mass is 364 g/mol. The normalized spacial score (nSPS) is 13.2. The Balaban J connectivity index is 1.59. The van der Waals surface area contributed by atoms with Gasteiger partial charge in [0.1, 0.15) is 5.82 Å². The zero-order valence-electron chi connectivity index (χ0n) is 14.4. The van der Waals surface area contributed by atoms with E-state index in [0.29, 0.717) is 23.6 Å². The standard InChI is InChI=1S/C21H17FN2O3/c22-16-5-3-15(4-6-16)18(10-14-2-1-9-23-12-14)21(25)24-17-7-8-19-20(11-17)27-13-26-19/h1-9,11-12,18H,10,13H2,(H,24,25). The Morgan fingerprint density at radius 2 is 1.93 bits per heavy atom. The number of hydrogen-bond acceptors (Lipinski definition) is 4. The van der Waals surface area contributed by atoms with Gasteiger partial charge in [0.25, 0.3) is 0 Å². The number of carbonyl (C=O) groups is 1. The van der Waals surface area contributed by atoms with E-state index in [-0.39, 0.29) is 18.5 Å². The number of benzene rings is 2. The largest absolute Gasteiger partial charge is 0.454 e. The van der Waals surface area contributed by atoms with Crippen LogP contribution in [0.5, 0.6) is 11.5 Å². The summed E-state index contributed by atoms with van der Waals surface area (Å²) in [6, 6.07) is 15.0. The van der Waals surface area contributed by atoms with Crippen LogP contribution in [0.25, 0.3) is 0 Å². The van der Waals surface area contributed by atoms with Gasteiger partial charge in [0.05, 0.1) is 5.92 Å². The van der Waals surface area contributed by atoms with E-state index >= 15 is 0 Å². The van der Waals surface area contributed by atoms with Crippen molar-refractivity contribution in [1.29, 1.82) is 0 Å². The lowest BCUT2D eigenvalue weighted by atomic mass is 9.91. The van der Waals surface area contributed by atoms with E-state index in [1.54, 1.807) is 42.7 Å². The second kappa shape index (κ2) is 7.45. The van der Waals surface area contributed by atoms with Gasteiger partial charge in [-0.2, -0.15) is 0 Å². The first kappa shape index (κ1) is 17.0. The van der Waals surface area contributed by atoms with Crippen molar-refractivity contribution in [2.45, 2.75) is 12.3 Å². The van der Waals surface area contributed by atoms with Gasteiger partial charge in [-0.25, -0.2) is 4.39 Å². The zero-order chi connectivity index (χ0) is 18.6. The molecule has 0 radical (unpaired) electrons. The molecule has 2 heterocycles. The molecule has 0 saturated carbocycles. The van der Waals surface area contributed by atoms with Gasteiger partial charge in [0.2, 0.25) is 12.7 Å². The summed E-state index contributed by atoms with van der Waals surface area (Å²) in [4.78, 5) is 17.1. The summed E-state index contributed by atoms with van der Waals surface area (Å²) in [6.07, 6.45) is 3.86. The van der Waals surface area contributed by atoms with Crippen molar-refractivity contribution in [3.05, 3.63) is 83.9 Å². The molecule has 136 valence electrons. The number of fused-ring (bicyclic) bond motifs is 1. The average molecular weight is 364 g/mol. The van der Waals surface area contributed by atoms with Gasteiger partial charge in [-0.15, -0.1) is 0 Å². The van der Waals surface area contributed by atoms with Gasteiger partial charge < -0.3 is 14.8 Å². The van der Waals surface area contributed by atoms with Gasteiger partial charge >= 0.3 is 0 Å². The predicted molar refractivity (Wildman–Crippen MR) is 98.3 cm³/mol. The Bertz CT molecular complexity index is 945. The fourth-order valence-electron chi connectivity index (χ4n) is 3.02. The Morgan fingerprint density at radius 3 is 2.70 bits per heavy atom. The summed E-state index contributed by atoms with van der Waals surface area (Å²) in [5.41, 5.74) is 2.27. The van der Waals surface area contributed by atoms with Crippen molar-refractivity contribution in [2.75, 3.05) is 12.1 Å². The van der Waals surface area contributed by atoms with Gasteiger partial charge in [-0.3, -0.25) is 9.78 Å². The number of aromatic nitrogens is 1. The van der Waals surface area contributed by atoms with Gasteiger partial charge in [-0.05, 0) is 47.9 Å². The SMILES string of the molecule is O=C(Nc1ccc2c(c1)OCO2)C(Cc1cccnc1)c1ccc(F)cc1. The molecule has 0 fully saturated rings. The van der Waals surface area contributed by atoms with E-state index in [9.17, 15) is 9.18 Å². The third-order valence-electron chi connectivity index (χ3n) is 4.39. The Hall–Kier alpha value is -3.41. The van der Waals surface area contributed by atoms with Crippen LogP contribution < -0.4 is 14.8 Å². The van der Waals surface area contributed by atoms with Crippen LogP contribution in [-0.4, -0.2) is 17.7 Å². The summed E-state index contributed by atoms with van der Waals surface area (Å²) < 4.78 is 24.0. The maximum absolute atomic E-state index is 13.3. The lowest BCUT2D eigenvalue weighted by molar-refractivity contribution is -0.117. The third-order valence-corrected chi connectivity index (χ3v) is 4.39. The quantitative estimate of drug-likeness (QED) is 0.746. The van der Waals surface area contributed by atoms with Gasteiger partial charge in [0.15, 0.2) is 11.5 Å². The summed E-state index contributed by atoms with van der Waals surface area (Å²) in [7, 11) is 0. The molecule has 4 rings (SSSR count). The van der Waals surface area contributed by atoms with E-state index in [1.165, 1.54) is 12.1 Å². The molecule has 1 N–H and O–H groups in total. The van der Waals surface area contributed by atoms with E-state index in [2.05, 4.69) is 10.3 Å². The van der Waals surface area contributed by atoms with Crippen molar-refractivity contribution < 1.29 is 18.7 Å². The lowest BCUT2D eigenvalue weighted by Crippen LogP contribution is -2.23. The number of pyridine rings is 1. The fourth-order valence-corrected chi connectivity index (χ4v) is 3.02. The van der Waals surface area contributed by atoms with E-state index in [1.807, 2.05) is 12.1 Å². The number of anilines is 1. The molecule has 0 spiro atoms. The van der Waals surface area contributed by atoms with Crippen LogP contribution >= 0.6 is 0 Å². The maximum Gasteiger partial charge on any atom is 0.232 e. The van der Waals surface area contributed by atoms with E-state index in [4.69, 9.17) is 9.47 Å². The van der Waals surface area contributed by atoms with Crippen molar-refractivity contribution in [2.24, 2.45) is 0 Å². The van der Waals surface area contributed by atoms with E-state index in [0.717, 1.165) is 11.1 Å². The highest BCUT2D eigenvalue weighted by Gasteiger charge is 2.22. The molecule has 3 aromatic rings. The number of hydrogen-bond donors (Lipinski definition) is 1. The third kappa shape index (κ3) is 3.89. The molecule has 1 unspecified atom stereocenters. The van der Waals surface area contributed by atoms with Crippen LogP contribution in [0.3, 0.4) is 0 Å². The molecular weight excluding hydrogens is 347 g/mol. The summed E-state index contributed by atoms with van der Waals surface area (Å²) in [6.45, 7) is 0.173. The minimum Gasteiger partial charge on any atom is -0.454 e. The van der Waals surface area contributed by atoms with Crippen LogP contribution in [0.2, 0.25) is 0 Å².